The topological polar surface area (TPSA) is 67.0 Å². The summed E-state index contributed by atoms with van der Waals surface area (Å²) in [5, 5.41) is 12.8. The number of aromatic nitrogens is 2. The van der Waals surface area contributed by atoms with Crippen LogP contribution in [0.3, 0.4) is 0 Å². The van der Waals surface area contributed by atoms with E-state index >= 15 is 0 Å². The number of fused-ring (bicyclic) bond motifs is 2. The van der Waals surface area contributed by atoms with Crippen molar-refractivity contribution in [3.8, 4) is 0 Å². The van der Waals surface area contributed by atoms with Crippen molar-refractivity contribution < 1.29 is 9.53 Å². The number of aromatic amines is 1. The van der Waals surface area contributed by atoms with Crippen LogP contribution in [-0.2, 0) is 11.2 Å². The highest BCUT2D eigenvalue weighted by Crippen LogP contribution is 2.24. The van der Waals surface area contributed by atoms with Crippen molar-refractivity contribution in [3.05, 3.63) is 101 Å². The molecule has 0 amide bonds. The summed E-state index contributed by atoms with van der Waals surface area (Å²) in [4.78, 5) is 12.5. The third-order valence-corrected chi connectivity index (χ3v) is 5.06. The van der Waals surface area contributed by atoms with Crippen LogP contribution in [-0.4, -0.2) is 22.7 Å². The number of hydrogen-bond acceptors (Lipinski definition) is 4. The summed E-state index contributed by atoms with van der Waals surface area (Å²) in [6.45, 7) is 0.468. The molecule has 1 aliphatic heterocycles. The lowest BCUT2D eigenvalue weighted by Crippen LogP contribution is -2.16. The third-order valence-electron chi connectivity index (χ3n) is 5.06. The molecule has 5 nitrogen and oxygen atoms in total. The van der Waals surface area contributed by atoms with Gasteiger partial charge in [-0.2, -0.15) is 5.10 Å². The van der Waals surface area contributed by atoms with Crippen LogP contribution in [0, 0.1) is 0 Å². The van der Waals surface area contributed by atoms with Crippen LogP contribution in [0.5, 0.6) is 0 Å². The Kier molecular flexibility index (Phi) is 4.33. The number of H-pyrrole nitrogens is 1. The molecule has 0 spiro atoms. The number of benzene rings is 3. The van der Waals surface area contributed by atoms with Crippen molar-refractivity contribution in [2.75, 3.05) is 11.9 Å². The van der Waals surface area contributed by atoms with E-state index in [2.05, 4.69) is 39.8 Å². The minimum Gasteiger partial charge on any atom is -0.424 e. The van der Waals surface area contributed by atoms with Gasteiger partial charge < -0.3 is 10.1 Å². The normalized spacial score (nSPS) is 12.8. The number of nitrogens with zero attached hydrogens (tertiary/aromatic N) is 1. The van der Waals surface area contributed by atoms with E-state index in [4.69, 9.17) is 4.74 Å². The Morgan fingerprint density at radius 3 is 2.79 bits per heavy atom. The third kappa shape index (κ3) is 3.50. The zero-order chi connectivity index (χ0) is 19.6. The van der Waals surface area contributed by atoms with Gasteiger partial charge in [0.15, 0.2) is 5.69 Å². The van der Waals surface area contributed by atoms with Crippen molar-refractivity contribution in [3.63, 3.8) is 0 Å². The van der Waals surface area contributed by atoms with Gasteiger partial charge in [0.05, 0.1) is 6.54 Å². The zero-order valence-electron chi connectivity index (χ0n) is 15.7. The number of nitrogens with one attached hydrogen (secondary N) is 2. The summed E-state index contributed by atoms with van der Waals surface area (Å²) in [5.74, 6) is 0.116. The Balaban J connectivity index is 1.32. The Bertz CT molecular complexity index is 1230. The van der Waals surface area contributed by atoms with E-state index in [-0.39, 0.29) is 5.69 Å². The molecule has 29 heavy (non-hydrogen) atoms. The lowest BCUT2D eigenvalue weighted by Gasteiger charge is -2.17. The molecule has 142 valence electrons. The molecule has 0 radical (unpaired) electrons. The molecule has 1 aromatic heterocycles. The van der Waals surface area contributed by atoms with Crippen LogP contribution in [0.4, 0.5) is 5.69 Å². The van der Waals surface area contributed by atoms with Gasteiger partial charge in [-0.15, -0.1) is 0 Å². The highest BCUT2D eigenvalue weighted by molar-refractivity contribution is 5.89. The smallest absolute Gasteiger partial charge is 0.363 e. The largest absolute Gasteiger partial charge is 0.424 e. The van der Waals surface area contributed by atoms with E-state index in [1.54, 1.807) is 6.07 Å². The van der Waals surface area contributed by atoms with Gasteiger partial charge in [-0.3, -0.25) is 5.10 Å². The Morgan fingerprint density at radius 1 is 1.00 bits per heavy atom. The fraction of sp³-hybridized carbons (Fsp3) is 0.0833. The summed E-state index contributed by atoms with van der Waals surface area (Å²) < 4.78 is 5.55. The maximum atomic E-state index is 12.5. The summed E-state index contributed by atoms with van der Waals surface area (Å²) in [6.07, 6.45) is 2.55. The van der Waals surface area contributed by atoms with Gasteiger partial charge in [-0.1, -0.05) is 60.7 Å². The second kappa shape index (κ2) is 7.28. The molecule has 5 rings (SSSR count). The number of carbonyl (C=O) groups excluding carboxylic acids is 1. The lowest BCUT2D eigenvalue weighted by molar-refractivity contribution is 0.0620. The molecule has 0 atom stereocenters. The minimum absolute atomic E-state index is 0.278. The van der Waals surface area contributed by atoms with E-state index in [9.17, 15) is 4.79 Å². The molecule has 0 fully saturated rings. The second-order valence-electron chi connectivity index (χ2n) is 7.03. The molecule has 3 aromatic carbocycles. The van der Waals surface area contributed by atoms with Gasteiger partial charge in [-0.25, -0.2) is 4.79 Å². The average Bonchev–Trinajstić information content (AvgIpc) is 3.23. The van der Waals surface area contributed by atoms with Crippen LogP contribution in [0.15, 0.2) is 78.6 Å². The maximum Gasteiger partial charge on any atom is 0.363 e. The molecule has 4 aromatic rings. The first kappa shape index (κ1) is 17.3. The Labute approximate surface area is 168 Å². The number of carbonyl (C=O) groups is 1. The molecular weight excluding hydrogens is 362 g/mol. The first-order valence-corrected chi connectivity index (χ1v) is 9.53. The van der Waals surface area contributed by atoms with Gasteiger partial charge in [-0.05, 0) is 34.5 Å². The van der Waals surface area contributed by atoms with E-state index < -0.39 is 5.97 Å². The standard InChI is InChI=1S/C24H19N3O2/c28-24(29-20-13-18-7-2-4-11-22(18)25-15-20)23-14-19(26-27-23)12-17-9-5-8-16-6-1-3-10-21(16)17/h1-11,13-14,25H,12,15H2,(H,26,27). The van der Waals surface area contributed by atoms with E-state index in [0.717, 1.165) is 16.9 Å². The van der Waals surface area contributed by atoms with Gasteiger partial charge in [0.25, 0.3) is 0 Å². The molecule has 1 aliphatic rings. The molecule has 0 bridgehead atoms. The number of para-hydroxylation sites is 1. The van der Waals surface area contributed by atoms with E-state index in [0.29, 0.717) is 18.7 Å². The van der Waals surface area contributed by atoms with Crippen molar-refractivity contribution in [2.45, 2.75) is 6.42 Å². The van der Waals surface area contributed by atoms with Crippen molar-refractivity contribution in [1.82, 2.24) is 10.2 Å². The predicted molar refractivity (Wildman–Crippen MR) is 114 cm³/mol. The van der Waals surface area contributed by atoms with E-state index in [1.165, 1.54) is 16.3 Å². The highest BCUT2D eigenvalue weighted by atomic mass is 16.5. The minimum atomic E-state index is -0.460. The van der Waals surface area contributed by atoms with Crippen molar-refractivity contribution in [2.24, 2.45) is 0 Å². The number of anilines is 1. The summed E-state index contributed by atoms with van der Waals surface area (Å²) in [6, 6.07) is 24.2. The van der Waals surface area contributed by atoms with Crippen molar-refractivity contribution in [1.29, 1.82) is 0 Å². The molecule has 0 aliphatic carbocycles. The first-order valence-electron chi connectivity index (χ1n) is 9.53. The lowest BCUT2D eigenvalue weighted by atomic mass is 10.0. The molecule has 0 unspecified atom stereocenters. The molecular formula is C24H19N3O2. The van der Waals surface area contributed by atoms with Gasteiger partial charge in [0.2, 0.25) is 0 Å². The predicted octanol–water partition coefficient (Wildman–Crippen LogP) is 4.78. The fourth-order valence-corrected chi connectivity index (χ4v) is 3.64. The quantitative estimate of drug-likeness (QED) is 0.500. The van der Waals surface area contributed by atoms with Crippen LogP contribution >= 0.6 is 0 Å². The average molecular weight is 381 g/mol. The number of hydrogen-bond donors (Lipinski definition) is 2. The number of esters is 1. The van der Waals surface area contributed by atoms with Crippen LogP contribution < -0.4 is 5.32 Å². The summed E-state index contributed by atoms with van der Waals surface area (Å²) in [7, 11) is 0. The Hall–Kier alpha value is -3.86. The van der Waals surface area contributed by atoms with Crippen molar-refractivity contribution >= 4 is 28.5 Å². The molecule has 5 heteroatoms. The monoisotopic (exact) mass is 381 g/mol. The van der Waals surface area contributed by atoms with Gasteiger partial charge in [0, 0.05) is 23.4 Å². The van der Waals surface area contributed by atoms with Crippen LogP contribution in [0.25, 0.3) is 16.8 Å². The van der Waals surface area contributed by atoms with Gasteiger partial charge >= 0.3 is 5.97 Å². The summed E-state index contributed by atoms with van der Waals surface area (Å²) >= 11 is 0. The first-order chi connectivity index (χ1) is 14.3. The zero-order valence-corrected chi connectivity index (χ0v) is 15.7. The highest BCUT2D eigenvalue weighted by Gasteiger charge is 2.17. The molecule has 0 saturated heterocycles. The van der Waals surface area contributed by atoms with Crippen LogP contribution in [0.1, 0.15) is 27.3 Å². The fourth-order valence-electron chi connectivity index (χ4n) is 3.64. The van der Waals surface area contributed by atoms with Gasteiger partial charge in [0.1, 0.15) is 5.76 Å². The number of ether oxygens (including phenoxy) is 1. The number of rotatable bonds is 4. The SMILES string of the molecule is O=C(OC1=Cc2ccccc2NC1)c1cc(Cc2cccc3ccccc23)[nH]n1. The molecule has 2 heterocycles. The molecule has 0 saturated carbocycles. The second-order valence-corrected chi connectivity index (χ2v) is 7.03. The Morgan fingerprint density at radius 2 is 1.83 bits per heavy atom. The molecule has 2 N–H and O–H groups in total. The van der Waals surface area contributed by atoms with E-state index in [1.807, 2.05) is 48.5 Å². The van der Waals surface area contributed by atoms with Crippen LogP contribution in [0.2, 0.25) is 0 Å². The summed E-state index contributed by atoms with van der Waals surface area (Å²) in [5.41, 5.74) is 4.36. The maximum absolute atomic E-state index is 12.5.